The van der Waals surface area contributed by atoms with Gasteiger partial charge in [0.25, 0.3) is 0 Å². The van der Waals surface area contributed by atoms with Crippen LogP contribution in [0.2, 0.25) is 0 Å². The number of amides is 3. The molecule has 5 atom stereocenters. The van der Waals surface area contributed by atoms with Gasteiger partial charge in [-0.15, -0.1) is 0 Å². The van der Waals surface area contributed by atoms with Gasteiger partial charge in [0.15, 0.2) is 0 Å². The van der Waals surface area contributed by atoms with Crippen LogP contribution in [0.4, 0.5) is 0 Å². The third-order valence-electron chi connectivity index (χ3n) is 5.98. The molecule has 1 aromatic carbocycles. The van der Waals surface area contributed by atoms with Gasteiger partial charge >= 0.3 is 17.9 Å². The summed E-state index contributed by atoms with van der Waals surface area (Å²) in [7, 11) is 0. The van der Waals surface area contributed by atoms with E-state index < -0.39 is 72.1 Å². The lowest BCUT2D eigenvalue weighted by Crippen LogP contribution is -2.59. The average molecular weight is 537 g/mol. The van der Waals surface area contributed by atoms with E-state index in [4.69, 9.17) is 15.9 Å². The Balaban J connectivity index is 3.12. The smallest absolute Gasteiger partial charge is 0.326 e. The quantitative estimate of drug-likeness (QED) is 0.140. The van der Waals surface area contributed by atoms with Crippen molar-refractivity contribution in [3.8, 4) is 0 Å². The number of carbonyl (C=O) groups is 6. The van der Waals surface area contributed by atoms with Crippen LogP contribution >= 0.6 is 0 Å². The Hall–Kier alpha value is -4.00. The third-order valence-corrected chi connectivity index (χ3v) is 5.98. The molecule has 13 nitrogen and oxygen atoms in total. The number of rotatable bonds is 17. The van der Waals surface area contributed by atoms with Gasteiger partial charge in [-0.2, -0.15) is 0 Å². The van der Waals surface area contributed by atoms with E-state index in [0.717, 1.165) is 0 Å². The molecular formula is C25H36N4O9. The zero-order valence-corrected chi connectivity index (χ0v) is 21.4. The Bertz CT molecular complexity index is 986. The van der Waals surface area contributed by atoms with Crippen molar-refractivity contribution < 1.29 is 44.1 Å². The first-order valence-corrected chi connectivity index (χ1v) is 12.2. The van der Waals surface area contributed by atoms with E-state index >= 15 is 0 Å². The van der Waals surface area contributed by atoms with E-state index in [1.807, 2.05) is 0 Å². The molecule has 0 spiro atoms. The normalized spacial score (nSPS) is 14.7. The number of carbonyl (C=O) groups excluding carboxylic acids is 3. The predicted molar refractivity (Wildman–Crippen MR) is 135 cm³/mol. The molecule has 3 amide bonds. The summed E-state index contributed by atoms with van der Waals surface area (Å²) in [6, 6.07) is 3.59. The number of carboxylic acids is 3. The van der Waals surface area contributed by atoms with Gasteiger partial charge in [-0.05, 0) is 24.3 Å². The van der Waals surface area contributed by atoms with Crippen LogP contribution in [-0.2, 0) is 35.2 Å². The summed E-state index contributed by atoms with van der Waals surface area (Å²) in [4.78, 5) is 72.1. The van der Waals surface area contributed by atoms with Gasteiger partial charge in [0.1, 0.15) is 18.1 Å². The molecule has 1 rings (SSSR count). The van der Waals surface area contributed by atoms with Crippen molar-refractivity contribution in [3.63, 3.8) is 0 Å². The van der Waals surface area contributed by atoms with E-state index in [0.29, 0.717) is 12.0 Å². The lowest BCUT2D eigenvalue weighted by atomic mass is 9.96. The largest absolute Gasteiger partial charge is 0.481 e. The second-order valence-electron chi connectivity index (χ2n) is 8.99. The fraction of sp³-hybridized carbons (Fsp3) is 0.520. The maximum absolute atomic E-state index is 13.3. The topological polar surface area (TPSA) is 225 Å². The predicted octanol–water partition coefficient (Wildman–Crippen LogP) is -0.129. The van der Waals surface area contributed by atoms with Crippen LogP contribution in [0.15, 0.2) is 30.3 Å². The highest BCUT2D eigenvalue weighted by molar-refractivity contribution is 5.94. The first-order valence-electron chi connectivity index (χ1n) is 12.2. The highest BCUT2D eigenvalue weighted by Gasteiger charge is 2.32. The number of benzene rings is 1. The van der Waals surface area contributed by atoms with Gasteiger partial charge in [-0.3, -0.25) is 24.0 Å². The van der Waals surface area contributed by atoms with E-state index in [2.05, 4.69) is 16.0 Å². The molecule has 0 aliphatic heterocycles. The lowest BCUT2D eigenvalue weighted by molar-refractivity contribution is -0.143. The van der Waals surface area contributed by atoms with Gasteiger partial charge < -0.3 is 37.0 Å². The molecule has 0 bridgehead atoms. The van der Waals surface area contributed by atoms with Gasteiger partial charge in [0.05, 0.1) is 6.04 Å². The van der Waals surface area contributed by atoms with Crippen LogP contribution in [0.3, 0.4) is 0 Å². The van der Waals surface area contributed by atoms with Crippen molar-refractivity contribution >= 4 is 35.6 Å². The van der Waals surface area contributed by atoms with Crippen molar-refractivity contribution in [2.45, 2.75) is 76.5 Å². The van der Waals surface area contributed by atoms with Crippen LogP contribution in [0.5, 0.6) is 0 Å². The summed E-state index contributed by atoms with van der Waals surface area (Å²) in [6.45, 7) is 3.49. The molecule has 0 aliphatic carbocycles. The Kier molecular flexibility index (Phi) is 13.5. The first-order chi connectivity index (χ1) is 17.8. The average Bonchev–Trinajstić information content (AvgIpc) is 2.87. The molecule has 0 saturated carbocycles. The summed E-state index contributed by atoms with van der Waals surface area (Å²) in [5.74, 6) is -6.46. The molecule has 210 valence electrons. The van der Waals surface area contributed by atoms with Crippen LogP contribution in [-0.4, -0.2) is 75.1 Å². The van der Waals surface area contributed by atoms with Crippen LogP contribution in [0, 0.1) is 5.92 Å². The molecule has 1 aromatic rings. The lowest BCUT2D eigenvalue weighted by Gasteiger charge is -2.28. The standard InChI is InChI=1S/C25H36N4O9/c1-3-14(2)21(29-22(34)16(26)9-11-19(30)31)24(36)28-18(13-15-7-5-4-6-8-15)23(35)27-17(25(37)38)10-12-20(32)33/h4-8,14,16-18,21H,3,9-13,26H2,1-2H3,(H,27,35)(H,28,36)(H,29,34)(H,30,31)(H,32,33)(H,37,38). The van der Waals surface area contributed by atoms with E-state index in [1.165, 1.54) is 0 Å². The molecule has 0 aromatic heterocycles. The third kappa shape index (κ3) is 11.4. The summed E-state index contributed by atoms with van der Waals surface area (Å²) in [6.07, 6.45) is -0.861. The summed E-state index contributed by atoms with van der Waals surface area (Å²) >= 11 is 0. The van der Waals surface area contributed by atoms with Gasteiger partial charge in [-0.25, -0.2) is 4.79 Å². The molecule has 0 saturated heterocycles. The van der Waals surface area contributed by atoms with E-state index in [-0.39, 0.29) is 25.7 Å². The second-order valence-corrected chi connectivity index (χ2v) is 8.99. The van der Waals surface area contributed by atoms with E-state index in [9.17, 15) is 33.9 Å². The van der Waals surface area contributed by atoms with Crippen molar-refractivity contribution in [1.29, 1.82) is 0 Å². The Morgan fingerprint density at radius 3 is 1.87 bits per heavy atom. The number of hydrogen-bond acceptors (Lipinski definition) is 7. The number of carboxylic acid groups (broad SMARTS) is 3. The van der Waals surface area contributed by atoms with E-state index in [1.54, 1.807) is 44.2 Å². The molecule has 0 fully saturated rings. The van der Waals surface area contributed by atoms with Crippen LogP contribution in [0.25, 0.3) is 0 Å². The minimum Gasteiger partial charge on any atom is -0.481 e. The molecule has 0 heterocycles. The van der Waals surface area contributed by atoms with Crippen molar-refractivity contribution in [1.82, 2.24) is 16.0 Å². The molecule has 8 N–H and O–H groups in total. The highest BCUT2D eigenvalue weighted by atomic mass is 16.4. The van der Waals surface area contributed by atoms with Gasteiger partial charge in [0, 0.05) is 19.3 Å². The molecular weight excluding hydrogens is 500 g/mol. The zero-order valence-electron chi connectivity index (χ0n) is 21.4. The van der Waals surface area contributed by atoms with Crippen molar-refractivity contribution in [2.75, 3.05) is 0 Å². The maximum Gasteiger partial charge on any atom is 0.326 e. The SMILES string of the molecule is CCC(C)C(NC(=O)C(N)CCC(=O)O)C(=O)NC(Cc1ccccc1)C(=O)NC(CCC(=O)O)C(=O)O. The minimum atomic E-state index is -1.49. The first kappa shape index (κ1) is 32.0. The molecule has 5 unspecified atom stereocenters. The monoisotopic (exact) mass is 536 g/mol. The summed E-state index contributed by atoms with van der Waals surface area (Å²) < 4.78 is 0. The molecule has 38 heavy (non-hydrogen) atoms. The number of hydrogen-bond donors (Lipinski definition) is 7. The fourth-order valence-corrected chi connectivity index (χ4v) is 3.49. The fourth-order valence-electron chi connectivity index (χ4n) is 3.49. The highest BCUT2D eigenvalue weighted by Crippen LogP contribution is 2.11. The molecule has 0 radical (unpaired) electrons. The maximum atomic E-state index is 13.3. The molecule has 0 aliphatic rings. The Labute approximate surface area is 220 Å². The zero-order chi connectivity index (χ0) is 28.8. The Morgan fingerprint density at radius 2 is 1.34 bits per heavy atom. The Morgan fingerprint density at radius 1 is 0.789 bits per heavy atom. The van der Waals surface area contributed by atoms with Gasteiger partial charge in [-0.1, -0.05) is 50.6 Å². The summed E-state index contributed by atoms with van der Waals surface area (Å²) in [5.41, 5.74) is 6.43. The minimum absolute atomic E-state index is 0.0109. The second kappa shape index (κ2) is 16.0. The number of nitrogens with two attached hydrogens (primary N) is 1. The molecule has 13 heteroatoms. The van der Waals surface area contributed by atoms with Crippen molar-refractivity contribution in [2.24, 2.45) is 11.7 Å². The van der Waals surface area contributed by atoms with Gasteiger partial charge in [0.2, 0.25) is 17.7 Å². The van der Waals surface area contributed by atoms with Crippen LogP contribution < -0.4 is 21.7 Å². The number of nitrogens with one attached hydrogen (secondary N) is 3. The number of aliphatic carboxylic acids is 3. The van der Waals surface area contributed by atoms with Crippen molar-refractivity contribution in [3.05, 3.63) is 35.9 Å². The van der Waals surface area contributed by atoms with Crippen LogP contribution in [0.1, 0.15) is 51.5 Å². The summed E-state index contributed by atoms with van der Waals surface area (Å²) in [5, 5.41) is 34.5.